The van der Waals surface area contributed by atoms with Gasteiger partial charge in [-0.3, -0.25) is 0 Å². The van der Waals surface area contributed by atoms with Gasteiger partial charge in [-0.05, 0) is 19.9 Å². The van der Waals surface area contributed by atoms with E-state index in [4.69, 9.17) is 4.74 Å². The molecule has 0 N–H and O–H groups in total. The summed E-state index contributed by atoms with van der Waals surface area (Å²) in [4.78, 5) is 0. The third-order valence-corrected chi connectivity index (χ3v) is 1.31. The molecule has 48 valence electrons. The van der Waals surface area contributed by atoms with Crippen LogP contribution < -0.4 is 0 Å². The molecule has 0 amide bonds. The van der Waals surface area contributed by atoms with E-state index in [0.717, 1.165) is 24.5 Å². The van der Waals surface area contributed by atoms with Crippen LogP contribution in [-0.4, -0.2) is 24.9 Å². The van der Waals surface area contributed by atoms with Crippen molar-refractivity contribution < 1.29 is 4.74 Å². The van der Waals surface area contributed by atoms with Crippen LogP contribution >= 0.6 is 0 Å². The third-order valence-electron chi connectivity index (χ3n) is 1.31. The number of ether oxygens (including phenoxy) is 1. The third kappa shape index (κ3) is 1.18. The molecule has 0 aromatic rings. The van der Waals surface area contributed by atoms with Crippen LogP contribution in [0.3, 0.4) is 0 Å². The smallest absolute Gasteiger partial charge is 0.0987 e. The molecule has 0 saturated carbocycles. The van der Waals surface area contributed by atoms with Crippen molar-refractivity contribution in [1.29, 1.82) is 0 Å². The van der Waals surface area contributed by atoms with Gasteiger partial charge in [-0.1, -0.05) is 0 Å². The lowest BCUT2D eigenvalue weighted by molar-refractivity contribution is 0.0213. The van der Waals surface area contributed by atoms with Crippen molar-refractivity contribution in [2.75, 3.05) is 13.7 Å². The Morgan fingerprint density at radius 2 is 2.50 bits per heavy atom. The zero-order valence-corrected chi connectivity index (χ0v) is 4.96. The molecule has 1 unspecified atom stereocenters. The maximum atomic E-state index is 10.4. The van der Waals surface area contributed by atoms with Crippen LogP contribution in [-0.2, 0) is 4.74 Å². The van der Waals surface area contributed by atoms with Gasteiger partial charge < -0.3 is 15.0 Å². The molecule has 0 aliphatic carbocycles. The van der Waals surface area contributed by atoms with E-state index < -0.39 is 0 Å². The molecule has 0 spiro atoms. The summed E-state index contributed by atoms with van der Waals surface area (Å²) in [5.74, 6) is 0. The number of nitrogens with zero attached hydrogens (tertiary/aromatic N) is 1. The van der Waals surface area contributed by atoms with Crippen molar-refractivity contribution in [2.24, 2.45) is 0 Å². The zero-order valence-electron chi connectivity index (χ0n) is 4.96. The molecule has 3 nitrogen and oxygen atoms in total. The first-order chi connectivity index (χ1) is 3.80. The van der Waals surface area contributed by atoms with Crippen molar-refractivity contribution in [2.45, 2.75) is 19.1 Å². The van der Waals surface area contributed by atoms with Crippen molar-refractivity contribution in [3.63, 3.8) is 0 Å². The Kier molecular flexibility index (Phi) is 1.83. The Balaban J connectivity index is 2.24. The summed E-state index contributed by atoms with van der Waals surface area (Å²) in [6, 6.07) is 0. The SMILES string of the molecule is CN([O-])C1CCCO1. The molecule has 1 aliphatic rings. The highest BCUT2D eigenvalue weighted by Crippen LogP contribution is 2.13. The van der Waals surface area contributed by atoms with Gasteiger partial charge in [-0.15, -0.1) is 0 Å². The van der Waals surface area contributed by atoms with E-state index in [2.05, 4.69) is 0 Å². The van der Waals surface area contributed by atoms with Crippen molar-refractivity contribution in [1.82, 2.24) is 5.06 Å². The molecule has 1 saturated heterocycles. The van der Waals surface area contributed by atoms with Gasteiger partial charge in [0.25, 0.3) is 0 Å². The lowest BCUT2D eigenvalue weighted by atomic mass is 10.3. The summed E-state index contributed by atoms with van der Waals surface area (Å²) < 4.78 is 5.03. The molecule has 1 rings (SSSR count). The van der Waals surface area contributed by atoms with Gasteiger partial charge in [0.1, 0.15) is 0 Å². The van der Waals surface area contributed by atoms with Crippen LogP contribution in [0.2, 0.25) is 0 Å². The van der Waals surface area contributed by atoms with Crippen LogP contribution in [0.5, 0.6) is 0 Å². The van der Waals surface area contributed by atoms with Gasteiger partial charge in [0, 0.05) is 6.61 Å². The van der Waals surface area contributed by atoms with Gasteiger partial charge >= 0.3 is 0 Å². The summed E-state index contributed by atoms with van der Waals surface area (Å²) >= 11 is 0. The molecule has 3 heteroatoms. The van der Waals surface area contributed by atoms with Gasteiger partial charge in [0.15, 0.2) is 0 Å². The summed E-state index contributed by atoms with van der Waals surface area (Å²) in [5, 5.41) is 11.3. The second-order valence-electron chi connectivity index (χ2n) is 2.01. The van der Waals surface area contributed by atoms with Crippen molar-refractivity contribution in [3.05, 3.63) is 5.21 Å². The Morgan fingerprint density at radius 3 is 2.75 bits per heavy atom. The van der Waals surface area contributed by atoms with Crippen LogP contribution in [0.4, 0.5) is 0 Å². The second-order valence-corrected chi connectivity index (χ2v) is 2.01. The second kappa shape index (κ2) is 2.44. The highest BCUT2D eigenvalue weighted by Gasteiger charge is 2.13. The van der Waals surface area contributed by atoms with Crippen LogP contribution in [0.15, 0.2) is 0 Å². The predicted molar refractivity (Wildman–Crippen MR) is 30.1 cm³/mol. The van der Waals surface area contributed by atoms with E-state index in [9.17, 15) is 5.21 Å². The first-order valence-corrected chi connectivity index (χ1v) is 2.82. The largest absolute Gasteiger partial charge is 0.784 e. The molecule has 0 bridgehead atoms. The lowest BCUT2D eigenvalue weighted by Gasteiger charge is -2.28. The standard InChI is InChI=1S/C5H10NO2/c1-6(7)5-3-2-4-8-5/h5H,2-4H2,1H3/q-1. The molecule has 1 fully saturated rings. The van der Waals surface area contributed by atoms with Crippen LogP contribution in [0.25, 0.3) is 0 Å². The first-order valence-electron chi connectivity index (χ1n) is 2.82. The first kappa shape index (κ1) is 6.01. The highest BCUT2D eigenvalue weighted by molar-refractivity contribution is 4.63. The molecule has 0 radical (unpaired) electrons. The van der Waals surface area contributed by atoms with Gasteiger partial charge in [0.2, 0.25) is 0 Å². The minimum absolute atomic E-state index is 0.157. The molecule has 1 aliphatic heterocycles. The molecule has 0 aromatic heterocycles. The Hall–Kier alpha value is -0.120. The number of hydrogen-bond donors (Lipinski definition) is 0. The molecule has 8 heavy (non-hydrogen) atoms. The van der Waals surface area contributed by atoms with E-state index >= 15 is 0 Å². The number of hydroxylamine groups is 2. The highest BCUT2D eigenvalue weighted by atomic mass is 16.6. The summed E-state index contributed by atoms with van der Waals surface area (Å²) in [7, 11) is 1.50. The maximum Gasteiger partial charge on any atom is 0.0987 e. The quantitative estimate of drug-likeness (QED) is 0.469. The Bertz CT molecular complexity index is 68.8. The minimum Gasteiger partial charge on any atom is -0.784 e. The summed E-state index contributed by atoms with van der Waals surface area (Å²) in [6.07, 6.45) is 1.76. The average molecular weight is 116 g/mol. The summed E-state index contributed by atoms with van der Waals surface area (Å²) in [5.41, 5.74) is 0. The number of rotatable bonds is 1. The normalized spacial score (nSPS) is 29.6. The molecule has 1 heterocycles. The minimum atomic E-state index is -0.157. The van der Waals surface area contributed by atoms with E-state index in [-0.39, 0.29) is 6.23 Å². The predicted octanol–water partition coefficient (Wildman–Crippen LogP) is 0.552. The topological polar surface area (TPSA) is 35.5 Å². The van der Waals surface area contributed by atoms with Crippen molar-refractivity contribution in [3.8, 4) is 0 Å². The van der Waals surface area contributed by atoms with Crippen LogP contribution in [0, 0.1) is 5.21 Å². The van der Waals surface area contributed by atoms with Crippen LogP contribution in [0.1, 0.15) is 12.8 Å². The maximum absolute atomic E-state index is 10.4. The monoisotopic (exact) mass is 116 g/mol. The Labute approximate surface area is 48.8 Å². The fourth-order valence-corrected chi connectivity index (χ4v) is 0.847. The summed E-state index contributed by atoms with van der Waals surface area (Å²) in [6.45, 7) is 0.747. The molecule has 1 atom stereocenters. The Morgan fingerprint density at radius 1 is 1.75 bits per heavy atom. The van der Waals surface area contributed by atoms with E-state index in [1.54, 1.807) is 0 Å². The van der Waals surface area contributed by atoms with E-state index in [0.29, 0.717) is 0 Å². The molecular formula is C5H10NO2-. The zero-order chi connectivity index (χ0) is 5.98. The van der Waals surface area contributed by atoms with Gasteiger partial charge in [0.05, 0.1) is 6.23 Å². The van der Waals surface area contributed by atoms with E-state index in [1.807, 2.05) is 0 Å². The van der Waals surface area contributed by atoms with E-state index in [1.165, 1.54) is 7.05 Å². The average Bonchev–Trinajstić information content (AvgIpc) is 2.12. The molecule has 0 aromatic carbocycles. The number of hydrogen-bond acceptors (Lipinski definition) is 3. The molecular weight excluding hydrogens is 106 g/mol. The lowest BCUT2D eigenvalue weighted by Crippen LogP contribution is -2.24. The fraction of sp³-hybridized carbons (Fsp3) is 1.00. The fourth-order valence-electron chi connectivity index (χ4n) is 0.847. The van der Waals surface area contributed by atoms with Gasteiger partial charge in [-0.2, -0.15) is 0 Å². The van der Waals surface area contributed by atoms with Crippen molar-refractivity contribution >= 4 is 0 Å². The van der Waals surface area contributed by atoms with Gasteiger partial charge in [-0.25, -0.2) is 0 Å².